The second kappa shape index (κ2) is 41.3. The largest absolute Gasteiger partial charge is 0.472 e. The molecule has 3 atom stereocenters. The minimum Gasteiger partial charge on any atom is -0.457 e. The first-order valence-electron chi connectivity index (χ1n) is 21.1. The number of unbranched alkanes of at least 4 members (excludes halogenated alkanes) is 12. The molecule has 0 aromatic heterocycles. The van der Waals surface area contributed by atoms with E-state index < -0.39 is 26.0 Å². The zero-order valence-electron chi connectivity index (χ0n) is 34.5. The molecular formula is C45H78NO8P. The van der Waals surface area contributed by atoms with Gasteiger partial charge in [-0.1, -0.05) is 150 Å². The minimum atomic E-state index is -4.31. The molecule has 3 unspecified atom stereocenters. The summed E-state index contributed by atoms with van der Waals surface area (Å²) in [6, 6.07) is 0. The number of ether oxygens (including phenoxy) is 2. The molecule has 0 amide bonds. The number of aliphatic hydroxyl groups excluding tert-OH is 1. The van der Waals surface area contributed by atoms with Gasteiger partial charge in [0.25, 0.3) is 0 Å². The van der Waals surface area contributed by atoms with Gasteiger partial charge in [0.05, 0.1) is 25.9 Å². The molecule has 0 spiro atoms. The first-order chi connectivity index (χ1) is 26.8. The topological polar surface area (TPSA) is 138 Å². The summed E-state index contributed by atoms with van der Waals surface area (Å²) in [5, 5.41) is 9.17. The van der Waals surface area contributed by atoms with E-state index in [-0.39, 0.29) is 32.8 Å². The van der Waals surface area contributed by atoms with Crippen LogP contribution in [0.4, 0.5) is 0 Å². The number of phosphoric ester groups is 1. The van der Waals surface area contributed by atoms with Gasteiger partial charge in [-0.05, 0) is 77.6 Å². The number of rotatable bonds is 39. The quantitative estimate of drug-likeness (QED) is 0.0240. The predicted octanol–water partition coefficient (Wildman–Crippen LogP) is 11.5. The third-order valence-electron chi connectivity index (χ3n) is 8.32. The Hall–Kier alpha value is -2.36. The van der Waals surface area contributed by atoms with Gasteiger partial charge < -0.3 is 25.2 Å². The van der Waals surface area contributed by atoms with Gasteiger partial charge in [-0.15, -0.1) is 0 Å². The van der Waals surface area contributed by atoms with Gasteiger partial charge in [-0.2, -0.15) is 0 Å². The standard InChI is InChI=1S/C45H78NO8P/c1-3-4-5-6-7-8-9-10-11-17-20-23-26-29-32-35-39-51-41-44(42-53-55(49,50)52-40-38-46)54-45(48)37-34-31-28-25-22-19-16-14-12-13-15-18-21-24-27-30-33-36-43(2)47/h10-12,14-15,18-19,22,24,27-28,31,33,36,43-44,47H,3-9,13,16-17,20-21,23,25-26,29-30,32,34-35,37-42,46H2,1-2H3,(H,49,50)/b11-10-,14-12+,18-15+,22-19+,27-24+,31-28+,36-33-. The Labute approximate surface area is 335 Å². The fourth-order valence-electron chi connectivity index (χ4n) is 5.26. The van der Waals surface area contributed by atoms with E-state index in [0.717, 1.165) is 57.8 Å². The lowest BCUT2D eigenvalue weighted by atomic mass is 10.1. The summed E-state index contributed by atoms with van der Waals surface area (Å²) in [7, 11) is -4.31. The highest BCUT2D eigenvalue weighted by Gasteiger charge is 2.25. The Morgan fingerprint density at radius 1 is 0.618 bits per heavy atom. The molecule has 0 saturated heterocycles. The third-order valence-corrected chi connectivity index (χ3v) is 9.31. The molecule has 0 rings (SSSR count). The molecule has 4 N–H and O–H groups in total. The first kappa shape index (κ1) is 52.6. The second-order valence-corrected chi connectivity index (χ2v) is 15.2. The lowest BCUT2D eigenvalue weighted by Gasteiger charge is -2.19. The Bertz CT molecular complexity index is 1130. The van der Waals surface area contributed by atoms with E-state index in [2.05, 4.69) is 67.7 Å². The molecule has 0 heterocycles. The van der Waals surface area contributed by atoms with Gasteiger partial charge >= 0.3 is 13.8 Å². The van der Waals surface area contributed by atoms with Crippen molar-refractivity contribution in [3.63, 3.8) is 0 Å². The molecule has 0 bridgehead atoms. The molecule has 0 fully saturated rings. The highest BCUT2D eigenvalue weighted by molar-refractivity contribution is 7.47. The van der Waals surface area contributed by atoms with Crippen molar-refractivity contribution >= 4 is 13.8 Å². The molecule has 0 aromatic rings. The lowest BCUT2D eigenvalue weighted by Crippen LogP contribution is -2.28. The van der Waals surface area contributed by atoms with E-state index in [0.29, 0.717) is 13.0 Å². The van der Waals surface area contributed by atoms with Crippen molar-refractivity contribution in [2.45, 2.75) is 161 Å². The maximum atomic E-state index is 12.5. The van der Waals surface area contributed by atoms with E-state index >= 15 is 0 Å². The fraction of sp³-hybridized carbons (Fsp3) is 0.667. The van der Waals surface area contributed by atoms with Gasteiger partial charge in [-0.3, -0.25) is 13.8 Å². The van der Waals surface area contributed by atoms with E-state index in [4.69, 9.17) is 24.3 Å². The lowest BCUT2D eigenvalue weighted by molar-refractivity contribution is -0.154. The van der Waals surface area contributed by atoms with E-state index in [1.807, 2.05) is 18.2 Å². The van der Waals surface area contributed by atoms with Crippen molar-refractivity contribution in [3.8, 4) is 0 Å². The molecule has 0 radical (unpaired) electrons. The van der Waals surface area contributed by atoms with Gasteiger partial charge in [0.1, 0.15) is 6.10 Å². The Morgan fingerprint density at radius 2 is 1.09 bits per heavy atom. The number of hydrogen-bond donors (Lipinski definition) is 3. The number of carbonyl (C=O) groups excluding carboxylic acids is 1. The molecule has 55 heavy (non-hydrogen) atoms. The molecule has 0 aliphatic carbocycles. The van der Waals surface area contributed by atoms with Crippen LogP contribution in [0.2, 0.25) is 0 Å². The highest BCUT2D eigenvalue weighted by Crippen LogP contribution is 2.43. The van der Waals surface area contributed by atoms with E-state index in [9.17, 15) is 19.4 Å². The molecule has 0 aliphatic heterocycles. The zero-order valence-corrected chi connectivity index (χ0v) is 35.4. The monoisotopic (exact) mass is 792 g/mol. The first-order valence-corrected chi connectivity index (χ1v) is 22.6. The van der Waals surface area contributed by atoms with Crippen molar-refractivity contribution in [2.75, 3.05) is 33.0 Å². The van der Waals surface area contributed by atoms with Crippen molar-refractivity contribution in [2.24, 2.45) is 5.73 Å². The summed E-state index contributed by atoms with van der Waals surface area (Å²) in [4.78, 5) is 22.4. The average molecular weight is 792 g/mol. The van der Waals surface area contributed by atoms with Gasteiger partial charge in [0.2, 0.25) is 0 Å². The molecule has 10 heteroatoms. The Kier molecular flexibility index (Phi) is 39.5. The SMILES string of the molecule is CCCCCCCC/C=C\CCCCCCCCOCC(COP(=O)(O)OCCN)OC(=O)CC/C=C/C/C=C/C/C=C/C/C=C/C/C=C/C/C=C\C(C)O. The van der Waals surface area contributed by atoms with E-state index in [1.54, 1.807) is 13.0 Å². The van der Waals surface area contributed by atoms with Crippen molar-refractivity contribution in [1.82, 2.24) is 0 Å². The maximum Gasteiger partial charge on any atom is 0.472 e. The van der Waals surface area contributed by atoms with Crippen LogP contribution < -0.4 is 5.73 Å². The number of carbonyl (C=O) groups is 1. The summed E-state index contributed by atoms with van der Waals surface area (Å²) in [5.41, 5.74) is 5.36. The smallest absolute Gasteiger partial charge is 0.457 e. The third kappa shape index (κ3) is 42.6. The number of allylic oxidation sites excluding steroid dienone is 13. The summed E-state index contributed by atoms with van der Waals surface area (Å²) >= 11 is 0. The summed E-state index contributed by atoms with van der Waals surface area (Å²) in [6.45, 7) is 4.23. The summed E-state index contributed by atoms with van der Waals surface area (Å²) in [5.74, 6) is -0.426. The second-order valence-electron chi connectivity index (χ2n) is 13.8. The van der Waals surface area contributed by atoms with Crippen LogP contribution in [0.25, 0.3) is 0 Å². The molecule has 316 valence electrons. The molecular weight excluding hydrogens is 713 g/mol. The van der Waals surface area contributed by atoms with Crippen LogP contribution in [-0.2, 0) is 27.9 Å². The number of hydrogen-bond acceptors (Lipinski definition) is 8. The minimum absolute atomic E-state index is 0.0701. The maximum absolute atomic E-state index is 12.5. The Morgan fingerprint density at radius 3 is 1.62 bits per heavy atom. The van der Waals surface area contributed by atoms with Crippen LogP contribution in [0.1, 0.15) is 149 Å². The van der Waals surface area contributed by atoms with Gasteiger partial charge in [-0.25, -0.2) is 4.57 Å². The number of nitrogens with two attached hydrogens (primary N) is 1. The summed E-state index contributed by atoms with van der Waals surface area (Å²) in [6.07, 6.45) is 50.4. The molecule has 0 aliphatic rings. The van der Waals surface area contributed by atoms with Gasteiger partial charge in [0, 0.05) is 19.6 Å². The van der Waals surface area contributed by atoms with Crippen LogP contribution >= 0.6 is 7.82 Å². The average Bonchev–Trinajstić information content (AvgIpc) is 3.16. The van der Waals surface area contributed by atoms with Crippen molar-refractivity contribution < 1.29 is 37.9 Å². The van der Waals surface area contributed by atoms with Crippen LogP contribution in [0, 0.1) is 0 Å². The van der Waals surface area contributed by atoms with Crippen LogP contribution in [0.3, 0.4) is 0 Å². The Balaban J connectivity index is 4.22. The molecule has 0 saturated carbocycles. The number of phosphoric acid groups is 1. The molecule has 9 nitrogen and oxygen atoms in total. The van der Waals surface area contributed by atoms with E-state index in [1.165, 1.54) is 64.2 Å². The van der Waals surface area contributed by atoms with Gasteiger partial charge in [0.15, 0.2) is 0 Å². The molecule has 0 aromatic carbocycles. The van der Waals surface area contributed by atoms with Crippen molar-refractivity contribution in [1.29, 1.82) is 0 Å². The van der Waals surface area contributed by atoms with Crippen molar-refractivity contribution in [3.05, 3.63) is 85.1 Å². The predicted molar refractivity (Wildman–Crippen MR) is 230 cm³/mol. The fourth-order valence-corrected chi connectivity index (χ4v) is 6.03. The van der Waals surface area contributed by atoms with Crippen LogP contribution in [-0.4, -0.2) is 61.1 Å². The highest BCUT2D eigenvalue weighted by atomic mass is 31.2. The summed E-state index contributed by atoms with van der Waals surface area (Å²) < 4.78 is 33.3. The number of esters is 1. The van der Waals surface area contributed by atoms with Crippen LogP contribution in [0.15, 0.2) is 85.1 Å². The zero-order chi connectivity index (χ0) is 40.3. The normalized spacial score (nSPS) is 14.9. The number of aliphatic hydroxyl groups is 1. The van der Waals surface area contributed by atoms with Crippen LogP contribution in [0.5, 0.6) is 0 Å².